The van der Waals surface area contributed by atoms with Crippen LogP contribution in [-0.4, -0.2) is 53.1 Å². The molecule has 0 aliphatic carbocycles. The summed E-state index contributed by atoms with van der Waals surface area (Å²) in [6.07, 6.45) is 3.67. The maximum atomic E-state index is 4.46. The van der Waals surface area contributed by atoms with E-state index in [0.29, 0.717) is 6.04 Å². The quantitative estimate of drug-likeness (QED) is 0.777. The molecule has 0 unspecified atom stereocenters. The number of hydrogen-bond donors (Lipinski definition) is 1. The van der Waals surface area contributed by atoms with E-state index in [4.69, 9.17) is 0 Å². The van der Waals surface area contributed by atoms with Crippen LogP contribution in [-0.2, 0) is 0 Å². The Labute approximate surface area is 151 Å². The maximum Gasteiger partial charge on any atom is 0.225 e. The first kappa shape index (κ1) is 16.2. The Morgan fingerprint density at radius 1 is 1.08 bits per heavy atom. The van der Waals surface area contributed by atoms with E-state index in [1.807, 2.05) is 25.0 Å². The van der Waals surface area contributed by atoms with Crippen LogP contribution in [0, 0.1) is 0 Å². The summed E-state index contributed by atoms with van der Waals surface area (Å²) in [6, 6.07) is 7.03. The van der Waals surface area contributed by atoms with Crippen LogP contribution in [0.1, 0.15) is 18.5 Å². The molecule has 6 nitrogen and oxygen atoms in total. The van der Waals surface area contributed by atoms with Crippen molar-refractivity contribution in [2.75, 3.05) is 43.4 Å². The van der Waals surface area contributed by atoms with Crippen LogP contribution in [0.4, 0.5) is 11.6 Å². The van der Waals surface area contributed by atoms with Gasteiger partial charge in [0.2, 0.25) is 5.95 Å². The van der Waals surface area contributed by atoms with Crippen LogP contribution in [0.25, 0.3) is 10.2 Å². The first-order chi connectivity index (χ1) is 12.2. The Hall–Kier alpha value is -2.25. The van der Waals surface area contributed by atoms with Crippen LogP contribution in [0.15, 0.2) is 36.1 Å². The average molecular weight is 354 g/mol. The second-order valence-electron chi connectivity index (χ2n) is 6.30. The second kappa shape index (κ2) is 6.93. The first-order valence-corrected chi connectivity index (χ1v) is 9.44. The van der Waals surface area contributed by atoms with Crippen molar-refractivity contribution in [1.82, 2.24) is 19.9 Å². The van der Waals surface area contributed by atoms with Gasteiger partial charge in [0.1, 0.15) is 0 Å². The number of nitrogens with one attached hydrogen (secondary N) is 1. The van der Waals surface area contributed by atoms with Gasteiger partial charge in [0.25, 0.3) is 0 Å². The van der Waals surface area contributed by atoms with Crippen molar-refractivity contribution in [2.45, 2.75) is 13.0 Å². The molecule has 0 amide bonds. The van der Waals surface area contributed by atoms with Gasteiger partial charge in [-0.2, -0.15) is 0 Å². The monoisotopic (exact) mass is 354 g/mol. The SMILES string of the molecule is CNc1cnc(N2CCN([C@@H](C)c3ccc4scnc4c3)CC2)nc1. The average Bonchev–Trinajstić information content (AvgIpc) is 3.15. The summed E-state index contributed by atoms with van der Waals surface area (Å²) in [6.45, 7) is 6.19. The number of hydrogen-bond acceptors (Lipinski definition) is 7. The Morgan fingerprint density at radius 2 is 1.84 bits per heavy atom. The fraction of sp³-hybridized carbons (Fsp3) is 0.389. The second-order valence-corrected chi connectivity index (χ2v) is 7.19. The third kappa shape index (κ3) is 3.29. The molecule has 1 fully saturated rings. The number of fused-ring (bicyclic) bond motifs is 1. The molecule has 1 aromatic carbocycles. The van der Waals surface area contributed by atoms with Crippen molar-refractivity contribution < 1.29 is 0 Å². The number of rotatable bonds is 4. The highest BCUT2D eigenvalue weighted by Crippen LogP contribution is 2.27. The molecule has 7 heteroatoms. The lowest BCUT2D eigenvalue weighted by atomic mass is 10.1. The van der Waals surface area contributed by atoms with E-state index < -0.39 is 0 Å². The van der Waals surface area contributed by atoms with Crippen LogP contribution in [0.2, 0.25) is 0 Å². The molecule has 130 valence electrons. The molecule has 1 N–H and O–H groups in total. The van der Waals surface area contributed by atoms with Gasteiger partial charge in [-0.05, 0) is 24.6 Å². The third-order valence-corrected chi connectivity index (χ3v) is 5.72. The topological polar surface area (TPSA) is 57.2 Å². The lowest BCUT2D eigenvalue weighted by Gasteiger charge is -2.38. The molecule has 2 aromatic heterocycles. The Kier molecular flexibility index (Phi) is 4.50. The van der Waals surface area contributed by atoms with Gasteiger partial charge in [0.05, 0.1) is 33.8 Å². The predicted octanol–water partition coefficient (Wildman–Crippen LogP) is 3.01. The summed E-state index contributed by atoms with van der Waals surface area (Å²) in [5.41, 5.74) is 5.29. The van der Waals surface area contributed by atoms with E-state index in [-0.39, 0.29) is 0 Å². The summed E-state index contributed by atoms with van der Waals surface area (Å²) in [7, 11) is 1.88. The molecule has 4 rings (SSSR count). The smallest absolute Gasteiger partial charge is 0.225 e. The number of piperazine rings is 1. The van der Waals surface area contributed by atoms with E-state index in [2.05, 4.69) is 55.2 Å². The molecule has 0 radical (unpaired) electrons. The molecule has 1 aliphatic heterocycles. The van der Waals surface area contributed by atoms with E-state index in [0.717, 1.165) is 43.3 Å². The predicted molar refractivity (Wildman–Crippen MR) is 103 cm³/mol. The Bertz CT molecular complexity index is 838. The highest BCUT2D eigenvalue weighted by molar-refractivity contribution is 7.16. The highest BCUT2D eigenvalue weighted by Gasteiger charge is 2.23. The number of nitrogens with zero attached hydrogens (tertiary/aromatic N) is 5. The number of anilines is 2. The van der Waals surface area contributed by atoms with Crippen molar-refractivity contribution in [3.05, 3.63) is 41.7 Å². The summed E-state index contributed by atoms with van der Waals surface area (Å²) in [5.74, 6) is 0.815. The van der Waals surface area contributed by atoms with Crippen molar-refractivity contribution in [2.24, 2.45) is 0 Å². The number of thiazole rings is 1. The van der Waals surface area contributed by atoms with Crippen LogP contribution in [0.5, 0.6) is 0 Å². The molecule has 1 saturated heterocycles. The van der Waals surface area contributed by atoms with E-state index in [9.17, 15) is 0 Å². The largest absolute Gasteiger partial charge is 0.386 e. The van der Waals surface area contributed by atoms with Crippen LogP contribution in [0.3, 0.4) is 0 Å². The van der Waals surface area contributed by atoms with Crippen LogP contribution < -0.4 is 10.2 Å². The van der Waals surface area contributed by atoms with Gasteiger partial charge in [-0.15, -0.1) is 11.3 Å². The molecular formula is C18H22N6S. The zero-order chi connectivity index (χ0) is 17.2. The molecule has 1 atom stereocenters. The fourth-order valence-corrected chi connectivity index (χ4v) is 3.93. The number of aromatic nitrogens is 3. The molecule has 3 aromatic rings. The van der Waals surface area contributed by atoms with Gasteiger partial charge < -0.3 is 10.2 Å². The van der Waals surface area contributed by atoms with Gasteiger partial charge >= 0.3 is 0 Å². The van der Waals surface area contributed by atoms with E-state index >= 15 is 0 Å². The minimum atomic E-state index is 0.390. The van der Waals surface area contributed by atoms with E-state index in [1.54, 1.807) is 11.3 Å². The van der Waals surface area contributed by atoms with Gasteiger partial charge in [-0.1, -0.05) is 6.07 Å². The van der Waals surface area contributed by atoms with Gasteiger partial charge in [-0.25, -0.2) is 15.0 Å². The Morgan fingerprint density at radius 3 is 2.56 bits per heavy atom. The van der Waals surface area contributed by atoms with E-state index in [1.165, 1.54) is 10.3 Å². The molecule has 25 heavy (non-hydrogen) atoms. The summed E-state index contributed by atoms with van der Waals surface area (Å²) < 4.78 is 1.25. The molecule has 1 aliphatic rings. The highest BCUT2D eigenvalue weighted by atomic mass is 32.1. The standard InChI is InChI=1S/C18H22N6S/c1-13(14-3-4-17-16(9-14)22-12-25-17)23-5-7-24(8-6-23)18-20-10-15(19-2)11-21-18/h3-4,9-13,19H,5-8H2,1-2H3/t13-/m0/s1. The van der Waals surface area contributed by atoms with Crippen molar-refractivity contribution >= 4 is 33.2 Å². The van der Waals surface area contributed by atoms with Crippen LogP contribution >= 0.6 is 11.3 Å². The lowest BCUT2D eigenvalue weighted by Crippen LogP contribution is -2.47. The van der Waals surface area contributed by atoms with Gasteiger partial charge in [0.15, 0.2) is 0 Å². The normalized spacial score (nSPS) is 17.0. The summed E-state index contributed by atoms with van der Waals surface area (Å²) in [4.78, 5) is 18.1. The summed E-state index contributed by atoms with van der Waals surface area (Å²) in [5, 5.41) is 3.05. The molecule has 0 spiro atoms. The Balaban J connectivity index is 1.41. The third-order valence-electron chi connectivity index (χ3n) is 4.91. The van der Waals surface area contributed by atoms with Crippen molar-refractivity contribution in [1.29, 1.82) is 0 Å². The minimum absolute atomic E-state index is 0.390. The first-order valence-electron chi connectivity index (χ1n) is 8.56. The molecule has 3 heterocycles. The molecule has 0 saturated carbocycles. The van der Waals surface area contributed by atoms with Crippen molar-refractivity contribution in [3.8, 4) is 0 Å². The van der Waals surface area contributed by atoms with Crippen molar-refractivity contribution in [3.63, 3.8) is 0 Å². The lowest BCUT2D eigenvalue weighted by molar-refractivity contribution is 0.198. The zero-order valence-electron chi connectivity index (χ0n) is 14.5. The van der Waals surface area contributed by atoms with Gasteiger partial charge in [0, 0.05) is 39.3 Å². The summed E-state index contributed by atoms with van der Waals surface area (Å²) >= 11 is 1.69. The zero-order valence-corrected chi connectivity index (χ0v) is 15.3. The van der Waals surface area contributed by atoms with Gasteiger partial charge in [-0.3, -0.25) is 4.90 Å². The minimum Gasteiger partial charge on any atom is -0.386 e. The molecule has 0 bridgehead atoms. The fourth-order valence-electron chi connectivity index (χ4n) is 3.27. The molecular weight excluding hydrogens is 332 g/mol. The number of benzene rings is 1. The maximum absolute atomic E-state index is 4.46.